The average Bonchev–Trinajstić information content (AvgIpc) is 3.03. The summed E-state index contributed by atoms with van der Waals surface area (Å²) in [6.45, 7) is 2.65. The van der Waals surface area contributed by atoms with Gasteiger partial charge < -0.3 is 9.15 Å². The summed E-state index contributed by atoms with van der Waals surface area (Å²) in [4.78, 5) is 24.5. The highest BCUT2D eigenvalue weighted by molar-refractivity contribution is 6.01. The molecule has 0 radical (unpaired) electrons. The Morgan fingerprint density at radius 2 is 1.64 bits per heavy atom. The molecule has 0 aliphatic rings. The van der Waals surface area contributed by atoms with Crippen LogP contribution in [0.25, 0.3) is 11.0 Å². The van der Waals surface area contributed by atoms with Gasteiger partial charge in [-0.3, -0.25) is 20.4 Å². The lowest BCUT2D eigenvalue weighted by Crippen LogP contribution is -2.41. The molecule has 0 saturated carbocycles. The van der Waals surface area contributed by atoms with Crippen molar-refractivity contribution in [2.45, 2.75) is 13.5 Å². The van der Waals surface area contributed by atoms with E-state index < -0.39 is 11.8 Å². The van der Waals surface area contributed by atoms with Crippen LogP contribution in [-0.4, -0.2) is 18.4 Å². The monoisotopic (exact) mass is 338 g/mol. The van der Waals surface area contributed by atoms with Crippen LogP contribution in [0.3, 0.4) is 0 Å². The van der Waals surface area contributed by atoms with Crippen LogP contribution in [0.1, 0.15) is 33.4 Å². The molecule has 1 aromatic heterocycles. The molecule has 2 aromatic carbocycles. The number of rotatable bonds is 5. The number of hydrogen-bond donors (Lipinski definition) is 2. The number of nitrogens with one attached hydrogen (secondary N) is 2. The topological polar surface area (TPSA) is 80.6 Å². The highest BCUT2D eigenvalue weighted by Crippen LogP contribution is 2.26. The molecule has 128 valence electrons. The lowest BCUT2D eigenvalue weighted by Gasteiger charge is -2.07. The molecule has 0 atom stereocenters. The van der Waals surface area contributed by atoms with Crippen molar-refractivity contribution in [3.8, 4) is 0 Å². The summed E-state index contributed by atoms with van der Waals surface area (Å²) in [5, 5.41) is 0.815. The fourth-order valence-corrected chi connectivity index (χ4v) is 2.46. The van der Waals surface area contributed by atoms with Gasteiger partial charge in [0.2, 0.25) is 0 Å². The predicted molar refractivity (Wildman–Crippen MR) is 92.9 cm³/mol. The van der Waals surface area contributed by atoms with E-state index >= 15 is 0 Å². The van der Waals surface area contributed by atoms with Crippen LogP contribution >= 0.6 is 0 Å². The van der Waals surface area contributed by atoms with Gasteiger partial charge in [0.05, 0.1) is 6.61 Å². The third-order valence-electron chi connectivity index (χ3n) is 3.68. The van der Waals surface area contributed by atoms with Crippen LogP contribution in [-0.2, 0) is 11.3 Å². The Hall–Kier alpha value is -3.12. The van der Waals surface area contributed by atoms with Gasteiger partial charge in [-0.15, -0.1) is 0 Å². The van der Waals surface area contributed by atoms with Crippen LogP contribution in [0.15, 0.2) is 59.0 Å². The summed E-state index contributed by atoms with van der Waals surface area (Å²) in [5.41, 5.74) is 6.47. The normalized spacial score (nSPS) is 10.6. The first-order chi connectivity index (χ1) is 12.2. The zero-order chi connectivity index (χ0) is 17.6. The number of benzene rings is 2. The predicted octanol–water partition coefficient (Wildman–Crippen LogP) is 3.04. The fraction of sp³-hybridized carbons (Fsp3) is 0.158. The third kappa shape index (κ3) is 3.70. The first-order valence-electron chi connectivity index (χ1n) is 7.94. The Kier molecular flexibility index (Phi) is 5.11. The number of para-hydroxylation sites is 1. The van der Waals surface area contributed by atoms with E-state index in [2.05, 4.69) is 10.9 Å². The molecule has 2 N–H and O–H groups in total. The van der Waals surface area contributed by atoms with Gasteiger partial charge in [-0.25, -0.2) is 0 Å². The molecule has 3 aromatic rings. The number of carbonyl (C=O) groups is 2. The van der Waals surface area contributed by atoms with Crippen LogP contribution < -0.4 is 10.9 Å². The van der Waals surface area contributed by atoms with Gasteiger partial charge in [0, 0.05) is 23.1 Å². The summed E-state index contributed by atoms with van der Waals surface area (Å²) in [5.74, 6) is -0.811. The quantitative estimate of drug-likeness (QED) is 0.701. The zero-order valence-corrected chi connectivity index (χ0v) is 13.7. The number of furan rings is 1. The van der Waals surface area contributed by atoms with Gasteiger partial charge in [0.15, 0.2) is 5.76 Å². The molecule has 1 heterocycles. The van der Waals surface area contributed by atoms with Gasteiger partial charge in [0.1, 0.15) is 5.58 Å². The maximum atomic E-state index is 12.5. The largest absolute Gasteiger partial charge is 0.450 e. The summed E-state index contributed by atoms with van der Waals surface area (Å²) < 4.78 is 11.1. The first-order valence-corrected chi connectivity index (χ1v) is 7.94. The van der Waals surface area contributed by atoms with Crippen molar-refractivity contribution in [3.05, 3.63) is 71.5 Å². The second kappa shape index (κ2) is 7.63. The minimum Gasteiger partial charge on any atom is -0.450 e. The smallest absolute Gasteiger partial charge is 0.305 e. The molecule has 6 heteroatoms. The van der Waals surface area contributed by atoms with Gasteiger partial charge in [-0.2, -0.15) is 0 Å². The van der Waals surface area contributed by atoms with E-state index in [9.17, 15) is 9.59 Å². The maximum Gasteiger partial charge on any atom is 0.305 e. The maximum absolute atomic E-state index is 12.5. The summed E-state index contributed by atoms with van der Waals surface area (Å²) in [7, 11) is 0. The minimum atomic E-state index is -0.532. The molecule has 25 heavy (non-hydrogen) atoms. The Bertz CT molecular complexity index is 887. The second-order valence-electron chi connectivity index (χ2n) is 5.32. The minimum absolute atomic E-state index is 0.128. The second-order valence-corrected chi connectivity index (χ2v) is 5.32. The lowest BCUT2D eigenvalue weighted by molar-refractivity contribution is 0.0825. The van der Waals surface area contributed by atoms with Crippen LogP contribution in [0.5, 0.6) is 0 Å². The Morgan fingerprint density at radius 1 is 0.960 bits per heavy atom. The molecule has 0 spiro atoms. The molecule has 0 aliphatic carbocycles. The van der Waals surface area contributed by atoms with Crippen molar-refractivity contribution in [2.24, 2.45) is 0 Å². The van der Waals surface area contributed by atoms with Crippen molar-refractivity contribution in [2.75, 3.05) is 6.61 Å². The Morgan fingerprint density at radius 3 is 2.40 bits per heavy atom. The average molecular weight is 338 g/mol. The Balaban J connectivity index is 1.78. The van der Waals surface area contributed by atoms with Crippen LogP contribution in [0, 0.1) is 0 Å². The SMILES string of the molecule is CCOCc1c(C(=O)NNC(=O)c2ccccc2)oc2ccccc12. The highest BCUT2D eigenvalue weighted by Gasteiger charge is 2.21. The summed E-state index contributed by atoms with van der Waals surface area (Å²) in [6.07, 6.45) is 0. The van der Waals surface area contributed by atoms with Gasteiger partial charge in [0.25, 0.3) is 5.91 Å². The molecular formula is C19H18N2O4. The van der Waals surface area contributed by atoms with Crippen molar-refractivity contribution < 1.29 is 18.7 Å². The molecule has 0 unspecified atom stereocenters. The molecule has 0 saturated heterocycles. The van der Waals surface area contributed by atoms with Gasteiger partial charge in [-0.1, -0.05) is 36.4 Å². The number of hydrazine groups is 1. The third-order valence-corrected chi connectivity index (χ3v) is 3.68. The van der Waals surface area contributed by atoms with E-state index in [1.165, 1.54) is 0 Å². The lowest BCUT2D eigenvalue weighted by atomic mass is 10.1. The van der Waals surface area contributed by atoms with Crippen molar-refractivity contribution in [1.82, 2.24) is 10.9 Å². The standard InChI is InChI=1S/C19H18N2O4/c1-2-24-12-15-14-10-6-7-11-16(14)25-17(15)19(23)21-20-18(22)13-8-4-3-5-9-13/h3-11H,2,12H2,1H3,(H,20,22)(H,21,23). The molecular weight excluding hydrogens is 320 g/mol. The molecule has 6 nitrogen and oxygen atoms in total. The van der Waals surface area contributed by atoms with E-state index in [1.54, 1.807) is 30.3 Å². The molecule has 0 aliphatic heterocycles. The van der Waals surface area contributed by atoms with Crippen molar-refractivity contribution >= 4 is 22.8 Å². The van der Waals surface area contributed by atoms with Crippen LogP contribution in [0.2, 0.25) is 0 Å². The summed E-state index contributed by atoms with van der Waals surface area (Å²) in [6, 6.07) is 16.0. The van der Waals surface area contributed by atoms with E-state index in [-0.39, 0.29) is 12.4 Å². The molecule has 3 rings (SSSR count). The molecule has 0 bridgehead atoms. The number of ether oxygens (including phenoxy) is 1. The number of carbonyl (C=O) groups excluding carboxylic acids is 2. The number of fused-ring (bicyclic) bond motifs is 1. The van der Waals surface area contributed by atoms with Crippen molar-refractivity contribution in [1.29, 1.82) is 0 Å². The zero-order valence-electron chi connectivity index (χ0n) is 13.7. The van der Waals surface area contributed by atoms with Gasteiger partial charge in [-0.05, 0) is 25.1 Å². The van der Waals surface area contributed by atoms with Gasteiger partial charge >= 0.3 is 5.91 Å². The van der Waals surface area contributed by atoms with Crippen LogP contribution in [0.4, 0.5) is 0 Å². The molecule has 2 amide bonds. The van der Waals surface area contributed by atoms with E-state index in [1.807, 2.05) is 31.2 Å². The summed E-state index contributed by atoms with van der Waals surface area (Å²) >= 11 is 0. The van der Waals surface area contributed by atoms with Crippen molar-refractivity contribution in [3.63, 3.8) is 0 Å². The fourth-order valence-electron chi connectivity index (χ4n) is 2.46. The number of hydrogen-bond acceptors (Lipinski definition) is 4. The number of amides is 2. The van der Waals surface area contributed by atoms with E-state index in [4.69, 9.17) is 9.15 Å². The molecule has 0 fully saturated rings. The van der Waals surface area contributed by atoms with E-state index in [0.29, 0.717) is 23.3 Å². The highest BCUT2D eigenvalue weighted by atomic mass is 16.5. The van der Waals surface area contributed by atoms with E-state index in [0.717, 1.165) is 5.39 Å². The first kappa shape index (κ1) is 16.7. The Labute approximate surface area is 144 Å².